The Balaban J connectivity index is 1.43. The van der Waals surface area contributed by atoms with E-state index in [0.717, 1.165) is 39.9 Å². The Labute approximate surface area is 226 Å². The number of methoxy groups -OCH3 is 1. The largest absolute Gasteiger partial charge is 0.493 e. The fourth-order valence-electron chi connectivity index (χ4n) is 4.97. The van der Waals surface area contributed by atoms with Gasteiger partial charge in [-0.15, -0.1) is 0 Å². The molecule has 0 aromatic heterocycles. The van der Waals surface area contributed by atoms with E-state index in [0.29, 0.717) is 35.3 Å². The number of fused-ring (bicyclic) bond motifs is 4. The third kappa shape index (κ3) is 4.28. The van der Waals surface area contributed by atoms with Crippen LogP contribution in [0.1, 0.15) is 43.0 Å². The summed E-state index contributed by atoms with van der Waals surface area (Å²) in [6.07, 6.45) is 2.66. The molecule has 1 fully saturated rings. The van der Waals surface area contributed by atoms with Gasteiger partial charge in [-0.1, -0.05) is 68.4 Å². The number of rotatable bonds is 6. The molecule has 3 aliphatic heterocycles. The molecular formula is C30H29N3O4S. The van der Waals surface area contributed by atoms with Gasteiger partial charge in [0.05, 0.1) is 30.4 Å². The van der Waals surface area contributed by atoms with Crippen molar-refractivity contribution in [2.24, 2.45) is 11.0 Å². The van der Waals surface area contributed by atoms with E-state index < -0.39 is 5.85 Å². The Morgan fingerprint density at radius 1 is 1.13 bits per heavy atom. The molecule has 8 heteroatoms. The minimum Gasteiger partial charge on any atom is -0.493 e. The zero-order valence-corrected chi connectivity index (χ0v) is 22.3. The second-order valence-electron chi connectivity index (χ2n) is 9.90. The maximum absolute atomic E-state index is 12.9. The predicted molar refractivity (Wildman–Crippen MR) is 149 cm³/mol. The third-order valence-electron chi connectivity index (χ3n) is 6.74. The van der Waals surface area contributed by atoms with Crippen molar-refractivity contribution in [3.63, 3.8) is 0 Å². The van der Waals surface area contributed by atoms with Crippen LogP contribution in [0.5, 0.6) is 17.2 Å². The van der Waals surface area contributed by atoms with Gasteiger partial charge in [-0.3, -0.25) is 10.1 Å². The van der Waals surface area contributed by atoms with Crippen molar-refractivity contribution in [2.75, 3.05) is 13.7 Å². The maximum Gasteiger partial charge on any atom is 0.314 e. The SMILES string of the molecule is COc1cc(/C=C2\SC(=O)NC23Oc2ccccc2C2CC(c4ccccc4)=NN23)ccc1OCC(C)C. The van der Waals surface area contributed by atoms with Crippen LogP contribution in [-0.4, -0.2) is 35.5 Å². The Bertz CT molecular complexity index is 1440. The molecule has 38 heavy (non-hydrogen) atoms. The summed E-state index contributed by atoms with van der Waals surface area (Å²) in [7, 11) is 1.63. The van der Waals surface area contributed by atoms with Crippen molar-refractivity contribution in [2.45, 2.75) is 32.2 Å². The summed E-state index contributed by atoms with van der Waals surface area (Å²) < 4.78 is 18.2. The first-order chi connectivity index (χ1) is 18.5. The highest BCUT2D eigenvalue weighted by Gasteiger charge is 2.58. The average Bonchev–Trinajstić information content (AvgIpc) is 3.51. The number of amides is 1. The van der Waals surface area contributed by atoms with Crippen LogP contribution in [0.4, 0.5) is 4.79 Å². The lowest BCUT2D eigenvalue weighted by Gasteiger charge is -2.45. The minimum atomic E-state index is -1.25. The highest BCUT2D eigenvalue weighted by Crippen LogP contribution is 2.52. The number of ether oxygens (including phenoxy) is 3. The number of nitrogens with one attached hydrogen (secondary N) is 1. The first-order valence-electron chi connectivity index (χ1n) is 12.7. The quantitative estimate of drug-likeness (QED) is 0.399. The molecule has 3 aromatic rings. The summed E-state index contributed by atoms with van der Waals surface area (Å²) in [6.45, 7) is 4.80. The standard InChI is InChI=1S/C30H29N3O4S/c1-19(2)18-36-26-14-13-20(15-27(26)35-3)16-28-30(31-29(34)38-28)33-24(22-11-7-8-12-25(22)37-30)17-23(32-33)21-9-5-4-6-10-21/h4-16,19,24H,17-18H2,1-3H3,(H,31,34)/b28-16-. The highest BCUT2D eigenvalue weighted by molar-refractivity contribution is 8.17. The zero-order valence-electron chi connectivity index (χ0n) is 21.5. The van der Waals surface area contributed by atoms with E-state index in [1.807, 2.05) is 65.7 Å². The van der Waals surface area contributed by atoms with Gasteiger partial charge in [0.2, 0.25) is 0 Å². The molecule has 3 aliphatic rings. The normalized spacial score (nSPS) is 22.7. The number of hydrazone groups is 1. The monoisotopic (exact) mass is 527 g/mol. The zero-order chi connectivity index (χ0) is 26.3. The van der Waals surface area contributed by atoms with Gasteiger partial charge in [0.1, 0.15) is 5.75 Å². The van der Waals surface area contributed by atoms with Crippen LogP contribution < -0.4 is 19.5 Å². The maximum atomic E-state index is 12.9. The molecule has 1 saturated heterocycles. The third-order valence-corrected chi connectivity index (χ3v) is 7.64. The average molecular weight is 528 g/mol. The molecular weight excluding hydrogens is 498 g/mol. The summed E-state index contributed by atoms with van der Waals surface area (Å²) >= 11 is 1.12. The molecule has 7 nitrogen and oxygen atoms in total. The molecule has 2 atom stereocenters. The molecule has 0 aliphatic carbocycles. The molecule has 1 N–H and O–H groups in total. The van der Waals surface area contributed by atoms with Gasteiger partial charge >= 0.3 is 5.85 Å². The van der Waals surface area contributed by atoms with Gasteiger partial charge in [-0.2, -0.15) is 5.10 Å². The van der Waals surface area contributed by atoms with Crippen LogP contribution in [0, 0.1) is 5.92 Å². The van der Waals surface area contributed by atoms with Crippen molar-refractivity contribution in [3.05, 3.63) is 94.4 Å². The molecule has 3 heterocycles. The lowest BCUT2D eigenvalue weighted by molar-refractivity contribution is -0.0949. The van der Waals surface area contributed by atoms with Gasteiger partial charge in [0.25, 0.3) is 5.24 Å². The van der Waals surface area contributed by atoms with Gasteiger partial charge in [0.15, 0.2) is 11.5 Å². The number of carbonyl (C=O) groups is 1. The number of thioether (sulfide) groups is 1. The second-order valence-corrected chi connectivity index (χ2v) is 10.9. The summed E-state index contributed by atoms with van der Waals surface area (Å²) in [6, 6.07) is 23.8. The lowest BCUT2D eigenvalue weighted by Crippen LogP contribution is -2.61. The number of hydrogen-bond acceptors (Lipinski definition) is 7. The van der Waals surface area contributed by atoms with Gasteiger partial charge in [0, 0.05) is 12.0 Å². The van der Waals surface area contributed by atoms with E-state index in [1.165, 1.54) is 0 Å². The van der Waals surface area contributed by atoms with Gasteiger partial charge < -0.3 is 14.2 Å². The molecule has 0 saturated carbocycles. The number of carbonyl (C=O) groups excluding carboxylic acids is 1. The molecule has 6 rings (SSSR count). The van der Waals surface area contributed by atoms with Crippen LogP contribution >= 0.6 is 11.8 Å². The second kappa shape index (κ2) is 9.76. The van der Waals surface area contributed by atoms with Crippen LogP contribution in [0.3, 0.4) is 0 Å². The summed E-state index contributed by atoms with van der Waals surface area (Å²) in [5.41, 5.74) is 3.92. The van der Waals surface area contributed by atoms with Crippen molar-refractivity contribution in [1.82, 2.24) is 10.3 Å². The number of nitrogens with zero attached hydrogens (tertiary/aromatic N) is 2. The van der Waals surface area contributed by atoms with Gasteiger partial charge in [-0.05, 0) is 53.1 Å². The minimum absolute atomic E-state index is 0.0844. The van der Waals surface area contributed by atoms with Gasteiger partial charge in [-0.25, -0.2) is 5.01 Å². The topological polar surface area (TPSA) is 72.4 Å². The summed E-state index contributed by atoms with van der Waals surface area (Å²) in [4.78, 5) is 13.6. The summed E-state index contributed by atoms with van der Waals surface area (Å²) in [5.74, 6) is 1.20. The first kappa shape index (κ1) is 24.4. The van der Waals surface area contributed by atoms with Crippen LogP contribution in [-0.2, 0) is 0 Å². The van der Waals surface area contributed by atoms with Crippen LogP contribution in [0.15, 0.2) is 82.8 Å². The van der Waals surface area contributed by atoms with Crippen molar-refractivity contribution >= 4 is 28.8 Å². The number of para-hydroxylation sites is 1. The highest BCUT2D eigenvalue weighted by atomic mass is 32.2. The van der Waals surface area contributed by atoms with E-state index in [9.17, 15) is 4.79 Å². The first-order valence-corrected chi connectivity index (χ1v) is 13.5. The molecule has 3 aromatic carbocycles. The fraction of sp³-hybridized carbons (Fsp3) is 0.267. The number of hydrogen-bond donors (Lipinski definition) is 1. The fourth-order valence-corrected chi connectivity index (χ4v) is 5.88. The smallest absolute Gasteiger partial charge is 0.314 e. The number of benzene rings is 3. The van der Waals surface area contributed by atoms with Crippen molar-refractivity contribution in [1.29, 1.82) is 0 Å². The summed E-state index contributed by atoms with van der Waals surface area (Å²) in [5, 5.41) is 9.86. The Kier molecular flexibility index (Phi) is 6.27. The molecule has 1 amide bonds. The predicted octanol–water partition coefficient (Wildman–Crippen LogP) is 6.42. The van der Waals surface area contributed by atoms with E-state index in [4.69, 9.17) is 19.3 Å². The van der Waals surface area contributed by atoms with E-state index in [-0.39, 0.29) is 11.3 Å². The molecule has 194 valence electrons. The Morgan fingerprint density at radius 2 is 1.92 bits per heavy atom. The molecule has 1 spiro atoms. The molecule has 0 bridgehead atoms. The Morgan fingerprint density at radius 3 is 2.71 bits per heavy atom. The molecule has 0 radical (unpaired) electrons. The van der Waals surface area contributed by atoms with E-state index in [2.05, 4.69) is 37.4 Å². The van der Waals surface area contributed by atoms with E-state index >= 15 is 0 Å². The van der Waals surface area contributed by atoms with Crippen LogP contribution in [0.25, 0.3) is 6.08 Å². The van der Waals surface area contributed by atoms with Crippen LogP contribution in [0.2, 0.25) is 0 Å². The lowest BCUT2D eigenvalue weighted by atomic mass is 9.95. The molecule has 2 unspecified atom stereocenters. The van der Waals surface area contributed by atoms with Crippen molar-refractivity contribution in [3.8, 4) is 17.2 Å². The van der Waals surface area contributed by atoms with Crippen molar-refractivity contribution < 1.29 is 19.0 Å². The Hall–Kier alpha value is -3.91. The van der Waals surface area contributed by atoms with E-state index in [1.54, 1.807) is 7.11 Å².